The Kier molecular flexibility index (Phi) is 5.66. The summed E-state index contributed by atoms with van der Waals surface area (Å²) >= 11 is 5.81. The van der Waals surface area contributed by atoms with Crippen molar-refractivity contribution in [3.05, 3.63) is 52.9 Å². The van der Waals surface area contributed by atoms with Crippen molar-refractivity contribution in [3.63, 3.8) is 0 Å². The van der Waals surface area contributed by atoms with Crippen LogP contribution in [0.4, 0.5) is 5.69 Å². The second-order valence-corrected chi connectivity index (χ2v) is 4.88. The maximum Gasteiger partial charge on any atom is 0.251 e. The summed E-state index contributed by atoms with van der Waals surface area (Å²) in [7, 11) is 0. The highest BCUT2D eigenvalue weighted by atomic mass is 35.5. The van der Waals surface area contributed by atoms with Crippen LogP contribution in [0.5, 0.6) is 0 Å². The number of hydrogen-bond donors (Lipinski definition) is 2. The zero-order valence-electron chi connectivity index (χ0n) is 11.5. The maximum atomic E-state index is 11.9. The summed E-state index contributed by atoms with van der Waals surface area (Å²) in [5.74, 6) is 0.611. The van der Waals surface area contributed by atoms with Crippen LogP contribution in [0.15, 0.2) is 41.0 Å². The number of nitrogens with two attached hydrogens (primary N) is 1. The van der Waals surface area contributed by atoms with Crippen LogP contribution < -0.4 is 11.1 Å². The molecule has 1 aromatic carbocycles. The third kappa shape index (κ3) is 4.81. The van der Waals surface area contributed by atoms with Gasteiger partial charge in [-0.2, -0.15) is 0 Å². The summed E-state index contributed by atoms with van der Waals surface area (Å²) in [5, 5.41) is 3.24. The third-order valence-electron chi connectivity index (χ3n) is 2.83. The van der Waals surface area contributed by atoms with Crippen LogP contribution in [0.2, 0.25) is 5.02 Å². The van der Waals surface area contributed by atoms with Crippen LogP contribution in [0.25, 0.3) is 0 Å². The third-order valence-corrected chi connectivity index (χ3v) is 3.18. The van der Waals surface area contributed by atoms with Gasteiger partial charge in [0, 0.05) is 18.7 Å². The number of nitrogen functional groups attached to an aromatic ring is 1. The fraction of sp³-hybridized carbons (Fsp3) is 0.267. The van der Waals surface area contributed by atoms with E-state index >= 15 is 0 Å². The Hall–Kier alpha value is -1.98. The normalized spacial score (nSPS) is 10.5. The van der Waals surface area contributed by atoms with E-state index in [-0.39, 0.29) is 5.91 Å². The van der Waals surface area contributed by atoms with Crippen LogP contribution in [-0.4, -0.2) is 19.1 Å². The van der Waals surface area contributed by atoms with Crippen molar-refractivity contribution in [2.75, 3.05) is 18.9 Å². The Bertz CT molecular complexity index is 585. The second kappa shape index (κ2) is 7.71. The fourth-order valence-electron chi connectivity index (χ4n) is 1.73. The number of benzene rings is 1. The molecule has 0 saturated heterocycles. The van der Waals surface area contributed by atoms with Gasteiger partial charge in [0.05, 0.1) is 17.0 Å². The monoisotopic (exact) mass is 308 g/mol. The van der Waals surface area contributed by atoms with E-state index in [1.807, 2.05) is 12.1 Å². The molecule has 0 saturated carbocycles. The van der Waals surface area contributed by atoms with Crippen molar-refractivity contribution in [2.45, 2.75) is 13.0 Å². The highest BCUT2D eigenvalue weighted by Crippen LogP contribution is 2.19. The number of ether oxygens (including phenoxy) is 1. The fourth-order valence-corrected chi connectivity index (χ4v) is 1.85. The molecule has 0 bridgehead atoms. The quantitative estimate of drug-likeness (QED) is 0.609. The summed E-state index contributed by atoms with van der Waals surface area (Å²) in [6.45, 7) is 1.51. The first-order valence-electron chi connectivity index (χ1n) is 6.60. The number of amides is 1. The lowest BCUT2D eigenvalue weighted by Crippen LogP contribution is -2.25. The molecule has 6 heteroatoms. The second-order valence-electron chi connectivity index (χ2n) is 4.48. The van der Waals surface area contributed by atoms with Crippen molar-refractivity contribution < 1.29 is 13.9 Å². The van der Waals surface area contributed by atoms with E-state index in [9.17, 15) is 4.79 Å². The van der Waals surface area contributed by atoms with Gasteiger partial charge in [0.15, 0.2) is 0 Å². The smallest absolute Gasteiger partial charge is 0.251 e. The van der Waals surface area contributed by atoms with Gasteiger partial charge in [0.2, 0.25) is 0 Å². The minimum absolute atomic E-state index is 0.176. The predicted molar refractivity (Wildman–Crippen MR) is 81.2 cm³/mol. The number of anilines is 1. The van der Waals surface area contributed by atoms with Gasteiger partial charge in [-0.05, 0) is 36.8 Å². The topological polar surface area (TPSA) is 77.5 Å². The molecule has 2 aromatic rings. The Morgan fingerprint density at radius 2 is 2.24 bits per heavy atom. The molecule has 2 rings (SSSR count). The van der Waals surface area contributed by atoms with Crippen LogP contribution in [-0.2, 0) is 11.3 Å². The first kappa shape index (κ1) is 15.4. The zero-order valence-corrected chi connectivity index (χ0v) is 12.2. The Labute approximate surface area is 128 Å². The average Bonchev–Trinajstić information content (AvgIpc) is 2.98. The first-order chi connectivity index (χ1) is 10.2. The molecule has 0 spiro atoms. The van der Waals surface area contributed by atoms with Crippen molar-refractivity contribution in [2.24, 2.45) is 0 Å². The van der Waals surface area contributed by atoms with E-state index in [1.54, 1.807) is 24.5 Å². The molecule has 0 unspecified atom stereocenters. The van der Waals surface area contributed by atoms with Crippen molar-refractivity contribution in [1.29, 1.82) is 0 Å². The molecule has 21 heavy (non-hydrogen) atoms. The highest BCUT2D eigenvalue weighted by molar-refractivity contribution is 6.33. The number of rotatable bonds is 7. The van der Waals surface area contributed by atoms with Gasteiger partial charge in [-0.15, -0.1) is 0 Å². The molecule has 1 amide bonds. The van der Waals surface area contributed by atoms with Crippen molar-refractivity contribution >= 4 is 23.2 Å². The van der Waals surface area contributed by atoms with E-state index in [4.69, 9.17) is 26.5 Å². The van der Waals surface area contributed by atoms with E-state index in [1.165, 1.54) is 0 Å². The highest BCUT2D eigenvalue weighted by Gasteiger charge is 2.06. The van der Waals surface area contributed by atoms with E-state index < -0.39 is 0 Å². The van der Waals surface area contributed by atoms with Crippen LogP contribution >= 0.6 is 11.6 Å². The van der Waals surface area contributed by atoms with Crippen LogP contribution in [0.1, 0.15) is 22.5 Å². The minimum atomic E-state index is -0.176. The van der Waals surface area contributed by atoms with E-state index in [0.29, 0.717) is 36.0 Å². The number of carbonyl (C=O) groups is 1. The Balaban J connectivity index is 1.63. The molecular formula is C15H17ClN2O3. The van der Waals surface area contributed by atoms with Crippen molar-refractivity contribution in [1.82, 2.24) is 5.32 Å². The van der Waals surface area contributed by atoms with Gasteiger partial charge < -0.3 is 20.2 Å². The number of carbonyl (C=O) groups excluding carboxylic acids is 1. The summed E-state index contributed by atoms with van der Waals surface area (Å²) in [6, 6.07) is 8.48. The van der Waals surface area contributed by atoms with E-state index in [0.717, 1.165) is 12.2 Å². The molecule has 112 valence electrons. The number of furan rings is 1. The number of nitrogens with one attached hydrogen (secondary N) is 1. The average molecular weight is 309 g/mol. The molecule has 5 nitrogen and oxygen atoms in total. The number of halogens is 1. The summed E-state index contributed by atoms with van der Waals surface area (Å²) in [4.78, 5) is 11.9. The lowest BCUT2D eigenvalue weighted by molar-refractivity contribution is 0.0917. The van der Waals surface area contributed by atoms with Gasteiger partial charge >= 0.3 is 0 Å². The predicted octanol–water partition coefficient (Wildman–Crippen LogP) is 2.85. The molecule has 0 fully saturated rings. The maximum absolute atomic E-state index is 11.9. The summed E-state index contributed by atoms with van der Waals surface area (Å²) in [5.41, 5.74) is 6.55. The lowest BCUT2D eigenvalue weighted by Gasteiger charge is -2.07. The molecule has 0 radical (unpaired) electrons. The minimum Gasteiger partial charge on any atom is -0.467 e. The molecule has 1 aromatic heterocycles. The molecule has 0 aliphatic heterocycles. The lowest BCUT2D eigenvalue weighted by atomic mass is 10.2. The van der Waals surface area contributed by atoms with E-state index in [2.05, 4.69) is 5.32 Å². The first-order valence-corrected chi connectivity index (χ1v) is 6.98. The van der Waals surface area contributed by atoms with Crippen LogP contribution in [0, 0.1) is 0 Å². The Morgan fingerprint density at radius 3 is 2.95 bits per heavy atom. The SMILES string of the molecule is Nc1cc(C(=O)NCCCOCc2ccco2)ccc1Cl. The van der Waals surface area contributed by atoms with Gasteiger partial charge in [-0.1, -0.05) is 11.6 Å². The largest absolute Gasteiger partial charge is 0.467 e. The summed E-state index contributed by atoms with van der Waals surface area (Å²) in [6.07, 6.45) is 2.33. The molecule has 0 aliphatic carbocycles. The summed E-state index contributed by atoms with van der Waals surface area (Å²) < 4.78 is 10.6. The van der Waals surface area contributed by atoms with Crippen LogP contribution in [0.3, 0.4) is 0 Å². The molecule has 1 heterocycles. The van der Waals surface area contributed by atoms with Crippen molar-refractivity contribution in [3.8, 4) is 0 Å². The van der Waals surface area contributed by atoms with Gasteiger partial charge in [0.25, 0.3) is 5.91 Å². The number of hydrogen-bond acceptors (Lipinski definition) is 4. The van der Waals surface area contributed by atoms with Gasteiger partial charge in [0.1, 0.15) is 12.4 Å². The van der Waals surface area contributed by atoms with Gasteiger partial charge in [-0.25, -0.2) is 0 Å². The zero-order chi connectivity index (χ0) is 15.1. The standard InChI is InChI=1S/C15H17ClN2O3/c16-13-5-4-11(9-14(13)17)15(19)18-6-2-7-20-10-12-3-1-8-21-12/h1,3-5,8-9H,2,6-7,10,17H2,(H,18,19). The molecule has 0 atom stereocenters. The molecule has 3 N–H and O–H groups in total. The van der Waals surface area contributed by atoms with Gasteiger partial charge in [-0.3, -0.25) is 4.79 Å². The molecule has 0 aliphatic rings. The Morgan fingerprint density at radius 1 is 1.38 bits per heavy atom. The molecular weight excluding hydrogens is 292 g/mol.